The average Bonchev–Trinajstić information content (AvgIpc) is 3.29. The molecule has 2 aromatic heterocycles. The highest BCUT2D eigenvalue weighted by molar-refractivity contribution is 7.50. The molecule has 5 fully saturated rings. The van der Waals surface area contributed by atoms with Crippen LogP contribution in [0.4, 0.5) is 5.69 Å². The monoisotopic (exact) mass is 649 g/mol. The molecule has 7 atom stereocenters. The van der Waals surface area contributed by atoms with Crippen LogP contribution in [0.25, 0.3) is 10.1 Å². The Morgan fingerprint density at radius 2 is 1.89 bits per heavy atom. The van der Waals surface area contributed by atoms with Gasteiger partial charge in [0.05, 0.1) is 35.0 Å². The average molecular weight is 650 g/mol. The number of fused-ring (bicyclic) bond motifs is 4. The number of thiophene rings is 1. The number of hydrogen-bond donors (Lipinski definition) is 3. The lowest BCUT2D eigenvalue weighted by molar-refractivity contribution is -0.148. The lowest BCUT2D eigenvalue weighted by Gasteiger charge is -2.48. The van der Waals surface area contributed by atoms with E-state index in [2.05, 4.69) is 21.3 Å². The molecule has 0 bridgehead atoms. The number of likely N-dealkylation sites (tertiary alicyclic amines) is 1. The van der Waals surface area contributed by atoms with Crippen molar-refractivity contribution >= 4 is 52.4 Å². The van der Waals surface area contributed by atoms with Gasteiger partial charge in [-0.1, -0.05) is 6.07 Å². The van der Waals surface area contributed by atoms with Crippen LogP contribution in [0.5, 0.6) is 0 Å². The summed E-state index contributed by atoms with van der Waals surface area (Å²) in [6.07, 6.45) is 8.17. The van der Waals surface area contributed by atoms with Crippen LogP contribution in [0.3, 0.4) is 0 Å². The normalized spacial score (nSPS) is 30.7. The summed E-state index contributed by atoms with van der Waals surface area (Å²) in [4.78, 5) is 71.4. The number of nitrogens with one attached hydrogen (secondary N) is 1. The molecular weight excluding hydrogens is 613 g/mol. The molecule has 6 heterocycles. The molecule has 45 heavy (non-hydrogen) atoms. The number of pyridine rings is 1. The molecule has 1 saturated carbocycles. The first-order valence-corrected chi connectivity index (χ1v) is 18.4. The number of amides is 3. The molecule has 5 aliphatic rings. The highest BCUT2D eigenvalue weighted by Gasteiger charge is 2.55. The van der Waals surface area contributed by atoms with Crippen LogP contribution in [0.2, 0.25) is 0 Å². The summed E-state index contributed by atoms with van der Waals surface area (Å²) in [5, 5.41) is 3.77. The Morgan fingerprint density at radius 1 is 1.04 bits per heavy atom. The predicted octanol–water partition coefficient (Wildman–Crippen LogP) is 3.35. The standard InChI is InChI=1S/C32H36N5O6PS/c38-30(29-14-21-10-18(17-44(41,42)43)3-6-28(21)45-29)34-24-13-20-11-19(20)12-22-4-5-26(37(22)31(24)39)32(40)35-9-7-25-27(35)16-36(25)23-2-1-8-33-15-23/h1-3,6,8,10,14-15,19-20,22,24-27H,4-5,7,9,11-13,16-17H2,(H,34,38)(H2,41,42,43)/t19-,20+,22-,24+,25?,26+,27?/m1/s1. The number of nitrogens with zero attached hydrogens (tertiary/aromatic N) is 4. The number of anilines is 1. The molecule has 4 saturated heterocycles. The van der Waals surface area contributed by atoms with Crippen LogP contribution < -0.4 is 10.2 Å². The Labute approximate surface area is 264 Å². The summed E-state index contributed by atoms with van der Waals surface area (Å²) >= 11 is 1.29. The quantitative estimate of drug-likeness (QED) is 0.345. The van der Waals surface area contributed by atoms with Gasteiger partial charge in [-0.2, -0.15) is 0 Å². The van der Waals surface area contributed by atoms with Crippen LogP contribution in [-0.4, -0.2) is 85.6 Å². The number of hydrogen-bond acceptors (Lipinski definition) is 7. The molecule has 11 nitrogen and oxygen atoms in total. The Bertz CT molecular complexity index is 1730. The second-order valence-electron chi connectivity index (χ2n) is 13.4. The third-order valence-electron chi connectivity index (χ3n) is 10.6. The van der Waals surface area contributed by atoms with Crippen LogP contribution >= 0.6 is 18.9 Å². The van der Waals surface area contributed by atoms with Gasteiger partial charge in [-0.15, -0.1) is 11.3 Å². The second-order valence-corrected chi connectivity index (χ2v) is 16.1. The van der Waals surface area contributed by atoms with Gasteiger partial charge in [-0.25, -0.2) is 0 Å². The zero-order valence-electron chi connectivity index (χ0n) is 24.7. The third-order valence-corrected chi connectivity index (χ3v) is 12.5. The van der Waals surface area contributed by atoms with E-state index in [0.29, 0.717) is 41.7 Å². The van der Waals surface area contributed by atoms with Gasteiger partial charge in [0, 0.05) is 30.0 Å². The fourth-order valence-corrected chi connectivity index (χ4v) is 9.93. The smallest absolute Gasteiger partial charge is 0.329 e. The van der Waals surface area contributed by atoms with E-state index in [1.165, 1.54) is 11.3 Å². The number of carbonyl (C=O) groups is 3. The van der Waals surface area contributed by atoms with E-state index in [0.717, 1.165) is 48.0 Å². The lowest BCUT2D eigenvalue weighted by Crippen LogP contribution is -2.65. The first-order chi connectivity index (χ1) is 21.6. The summed E-state index contributed by atoms with van der Waals surface area (Å²) in [7, 11) is -4.22. The van der Waals surface area contributed by atoms with E-state index in [-0.39, 0.29) is 42.0 Å². The lowest BCUT2D eigenvalue weighted by atomic mass is 9.96. The topological polar surface area (TPSA) is 143 Å². The van der Waals surface area contributed by atoms with Crippen LogP contribution in [0.1, 0.15) is 53.8 Å². The molecule has 8 rings (SSSR count). The summed E-state index contributed by atoms with van der Waals surface area (Å²) in [6.45, 7) is 1.45. The van der Waals surface area contributed by atoms with Gasteiger partial charge >= 0.3 is 7.60 Å². The Kier molecular flexibility index (Phi) is 7.05. The maximum Gasteiger partial charge on any atom is 0.329 e. The molecule has 0 spiro atoms. The fourth-order valence-electron chi connectivity index (χ4n) is 8.31. The van der Waals surface area contributed by atoms with Gasteiger partial charge in [0.2, 0.25) is 11.8 Å². The number of aromatic nitrogens is 1. The Balaban J connectivity index is 0.986. The van der Waals surface area contributed by atoms with Crippen molar-refractivity contribution in [1.82, 2.24) is 20.1 Å². The summed E-state index contributed by atoms with van der Waals surface area (Å²) in [5.74, 6) is 0.474. The predicted molar refractivity (Wildman–Crippen MR) is 169 cm³/mol. The van der Waals surface area contributed by atoms with Crippen LogP contribution in [0.15, 0.2) is 48.8 Å². The van der Waals surface area contributed by atoms with Gasteiger partial charge in [0.15, 0.2) is 0 Å². The molecule has 13 heteroatoms. The Morgan fingerprint density at radius 3 is 2.69 bits per heavy atom. The fraction of sp³-hybridized carbons (Fsp3) is 0.500. The van der Waals surface area contributed by atoms with Crippen molar-refractivity contribution < 1.29 is 28.7 Å². The minimum Gasteiger partial charge on any atom is -0.363 e. The molecule has 3 amide bonds. The van der Waals surface area contributed by atoms with Crippen molar-refractivity contribution in [1.29, 1.82) is 0 Å². The molecule has 1 aromatic carbocycles. The molecule has 0 radical (unpaired) electrons. The van der Waals surface area contributed by atoms with E-state index in [4.69, 9.17) is 0 Å². The minimum atomic E-state index is -4.22. The zero-order chi connectivity index (χ0) is 31.0. The zero-order valence-corrected chi connectivity index (χ0v) is 26.4. The third kappa shape index (κ3) is 5.35. The minimum absolute atomic E-state index is 0.0182. The van der Waals surface area contributed by atoms with Crippen LogP contribution in [-0.2, 0) is 20.3 Å². The largest absolute Gasteiger partial charge is 0.363 e. The Hall–Kier alpha value is -3.31. The maximum absolute atomic E-state index is 14.2. The van der Waals surface area contributed by atoms with E-state index < -0.39 is 19.7 Å². The molecule has 2 unspecified atom stereocenters. The molecular formula is C32H36N5O6PS. The van der Waals surface area contributed by atoms with Crippen molar-refractivity contribution in [3.63, 3.8) is 0 Å². The summed E-state index contributed by atoms with van der Waals surface area (Å²) < 4.78 is 12.3. The summed E-state index contributed by atoms with van der Waals surface area (Å²) in [5.41, 5.74) is 1.58. The first kappa shape index (κ1) is 29.1. The van der Waals surface area contributed by atoms with E-state index >= 15 is 0 Å². The highest BCUT2D eigenvalue weighted by atomic mass is 32.1. The molecule has 4 aliphatic heterocycles. The van der Waals surface area contributed by atoms with Gasteiger partial charge in [0.25, 0.3) is 5.91 Å². The first-order valence-electron chi connectivity index (χ1n) is 15.8. The SMILES string of the molecule is O=C(N[C@H]1C[C@@H]2C[C@@H]2C[C@H]2CC[C@@H](C(=O)N3CCC4C3CN4c3cccnc3)N2C1=O)c1cc2cc(CP(=O)(O)O)ccc2s1. The van der Waals surface area contributed by atoms with Gasteiger partial charge in [-0.05, 0) is 91.6 Å². The van der Waals surface area contributed by atoms with Crippen LogP contribution in [0, 0.1) is 11.8 Å². The molecule has 1 aliphatic carbocycles. The number of benzene rings is 1. The van der Waals surface area contributed by atoms with Crippen molar-refractivity contribution in [3.05, 3.63) is 59.2 Å². The number of rotatable bonds is 6. The molecule has 3 aromatic rings. The van der Waals surface area contributed by atoms with Gasteiger partial charge < -0.3 is 29.8 Å². The summed E-state index contributed by atoms with van der Waals surface area (Å²) in [6, 6.07) is 10.1. The second kappa shape index (κ2) is 10.9. The van der Waals surface area contributed by atoms with E-state index in [1.807, 2.05) is 22.1 Å². The van der Waals surface area contributed by atoms with E-state index in [1.54, 1.807) is 30.5 Å². The van der Waals surface area contributed by atoms with Crippen molar-refractivity contribution in [3.8, 4) is 0 Å². The highest BCUT2D eigenvalue weighted by Crippen LogP contribution is 2.50. The molecule has 3 N–H and O–H groups in total. The maximum atomic E-state index is 14.2. The van der Waals surface area contributed by atoms with Crippen molar-refractivity contribution in [2.75, 3.05) is 18.0 Å². The van der Waals surface area contributed by atoms with Gasteiger partial charge in [0.1, 0.15) is 12.1 Å². The van der Waals surface area contributed by atoms with Gasteiger partial charge in [-0.3, -0.25) is 23.9 Å². The van der Waals surface area contributed by atoms with E-state index in [9.17, 15) is 28.7 Å². The van der Waals surface area contributed by atoms with Crippen molar-refractivity contribution in [2.24, 2.45) is 11.8 Å². The number of carbonyl (C=O) groups excluding carboxylic acids is 3. The van der Waals surface area contributed by atoms with Crippen molar-refractivity contribution in [2.45, 2.75) is 74.9 Å². The molecule has 236 valence electrons.